The SMILES string of the molecule is COc1cc(C)ccc1-c1nc(C)c(NC(=O)OCc2ccc3c(c2)nnn3C)s1. The van der Waals surface area contributed by atoms with Crippen LogP contribution < -0.4 is 10.1 Å². The average Bonchev–Trinajstić information content (AvgIpc) is 3.28. The monoisotopic (exact) mass is 423 g/mol. The zero-order valence-electron chi connectivity index (χ0n) is 17.1. The number of aryl methyl sites for hydroxylation is 3. The van der Waals surface area contributed by atoms with E-state index in [1.165, 1.54) is 11.3 Å². The number of anilines is 1. The van der Waals surface area contributed by atoms with Crippen LogP contribution in [-0.4, -0.2) is 33.2 Å². The van der Waals surface area contributed by atoms with Crippen LogP contribution in [0.3, 0.4) is 0 Å². The molecule has 0 unspecified atom stereocenters. The van der Waals surface area contributed by atoms with Crippen molar-refractivity contribution in [3.8, 4) is 16.3 Å². The molecule has 0 aliphatic rings. The average molecular weight is 423 g/mol. The number of carbonyl (C=O) groups excluding carboxylic acids is 1. The number of amides is 1. The van der Waals surface area contributed by atoms with Gasteiger partial charge in [-0.1, -0.05) is 28.7 Å². The van der Waals surface area contributed by atoms with Crippen LogP contribution in [0, 0.1) is 13.8 Å². The summed E-state index contributed by atoms with van der Waals surface area (Å²) in [6.07, 6.45) is -0.539. The Hall–Kier alpha value is -3.46. The molecular weight excluding hydrogens is 402 g/mol. The Morgan fingerprint density at radius 3 is 2.83 bits per heavy atom. The minimum atomic E-state index is -0.539. The number of ether oxygens (including phenoxy) is 2. The van der Waals surface area contributed by atoms with Crippen molar-refractivity contribution in [1.82, 2.24) is 20.0 Å². The highest BCUT2D eigenvalue weighted by atomic mass is 32.1. The molecule has 0 saturated heterocycles. The lowest BCUT2D eigenvalue weighted by molar-refractivity contribution is 0.155. The molecule has 0 aliphatic carbocycles. The van der Waals surface area contributed by atoms with Gasteiger partial charge in [0.25, 0.3) is 0 Å². The van der Waals surface area contributed by atoms with Crippen LogP contribution in [0.15, 0.2) is 36.4 Å². The molecule has 0 aliphatic heterocycles. The van der Waals surface area contributed by atoms with Crippen LogP contribution in [0.25, 0.3) is 21.6 Å². The molecule has 8 nitrogen and oxygen atoms in total. The molecule has 4 rings (SSSR count). The number of carbonyl (C=O) groups is 1. The second-order valence-electron chi connectivity index (χ2n) is 6.87. The summed E-state index contributed by atoms with van der Waals surface area (Å²) in [5.74, 6) is 0.747. The van der Waals surface area contributed by atoms with Crippen LogP contribution in [0.1, 0.15) is 16.8 Å². The fourth-order valence-corrected chi connectivity index (χ4v) is 4.04. The van der Waals surface area contributed by atoms with Gasteiger partial charge in [0.2, 0.25) is 0 Å². The van der Waals surface area contributed by atoms with Crippen LogP contribution in [0.2, 0.25) is 0 Å². The molecule has 0 fully saturated rings. The molecule has 0 bridgehead atoms. The summed E-state index contributed by atoms with van der Waals surface area (Å²) in [4.78, 5) is 16.9. The van der Waals surface area contributed by atoms with Crippen molar-refractivity contribution in [2.45, 2.75) is 20.5 Å². The molecule has 4 aromatic rings. The molecule has 0 saturated carbocycles. The van der Waals surface area contributed by atoms with Crippen molar-refractivity contribution in [2.75, 3.05) is 12.4 Å². The van der Waals surface area contributed by atoms with Crippen LogP contribution in [0.5, 0.6) is 5.75 Å². The minimum Gasteiger partial charge on any atom is -0.496 e. The molecule has 30 heavy (non-hydrogen) atoms. The number of nitrogens with zero attached hydrogens (tertiary/aromatic N) is 4. The van der Waals surface area contributed by atoms with Crippen LogP contribution in [0.4, 0.5) is 9.80 Å². The number of benzene rings is 2. The van der Waals surface area contributed by atoms with Gasteiger partial charge in [-0.2, -0.15) is 0 Å². The smallest absolute Gasteiger partial charge is 0.412 e. The highest BCUT2D eigenvalue weighted by Gasteiger charge is 2.16. The summed E-state index contributed by atoms with van der Waals surface area (Å²) < 4.78 is 12.5. The van der Waals surface area contributed by atoms with Gasteiger partial charge in [0, 0.05) is 7.05 Å². The Morgan fingerprint density at radius 1 is 1.20 bits per heavy atom. The highest BCUT2D eigenvalue weighted by molar-refractivity contribution is 7.19. The Balaban J connectivity index is 1.44. The zero-order valence-corrected chi connectivity index (χ0v) is 17.9. The van der Waals surface area contributed by atoms with E-state index < -0.39 is 6.09 Å². The maximum atomic E-state index is 12.3. The molecule has 1 N–H and O–H groups in total. The summed E-state index contributed by atoms with van der Waals surface area (Å²) in [6, 6.07) is 11.6. The van der Waals surface area contributed by atoms with Crippen molar-refractivity contribution in [3.63, 3.8) is 0 Å². The first kappa shape index (κ1) is 19.8. The predicted octanol–water partition coefficient (Wildman–Crippen LogP) is 4.47. The van der Waals surface area contributed by atoms with E-state index in [1.807, 2.05) is 57.3 Å². The van der Waals surface area contributed by atoms with Gasteiger partial charge in [-0.05, 0) is 49.2 Å². The second kappa shape index (κ2) is 8.11. The van der Waals surface area contributed by atoms with E-state index >= 15 is 0 Å². The number of hydrogen-bond acceptors (Lipinski definition) is 7. The Morgan fingerprint density at radius 2 is 2.03 bits per heavy atom. The molecule has 0 atom stereocenters. The van der Waals surface area contributed by atoms with E-state index in [1.54, 1.807) is 11.8 Å². The first-order chi connectivity index (χ1) is 14.4. The van der Waals surface area contributed by atoms with Gasteiger partial charge >= 0.3 is 6.09 Å². The molecule has 0 radical (unpaired) electrons. The lowest BCUT2D eigenvalue weighted by Gasteiger charge is -2.07. The normalized spacial score (nSPS) is 10.9. The van der Waals surface area contributed by atoms with Gasteiger partial charge in [0.1, 0.15) is 27.9 Å². The summed E-state index contributed by atoms with van der Waals surface area (Å²) in [5, 5.41) is 12.2. The zero-order chi connectivity index (χ0) is 21.3. The van der Waals surface area contributed by atoms with Gasteiger partial charge in [0.05, 0.1) is 23.9 Å². The third kappa shape index (κ3) is 3.97. The maximum Gasteiger partial charge on any atom is 0.412 e. The number of aromatic nitrogens is 4. The van der Waals surface area contributed by atoms with Gasteiger partial charge in [-0.15, -0.1) is 5.10 Å². The number of thiazole rings is 1. The number of rotatable bonds is 5. The van der Waals surface area contributed by atoms with Gasteiger partial charge in [-0.3, -0.25) is 5.32 Å². The molecule has 2 aromatic carbocycles. The minimum absolute atomic E-state index is 0.134. The lowest BCUT2D eigenvalue weighted by atomic mass is 10.1. The van der Waals surface area contributed by atoms with Gasteiger partial charge < -0.3 is 9.47 Å². The fraction of sp³-hybridized carbons (Fsp3) is 0.238. The summed E-state index contributed by atoms with van der Waals surface area (Å²) in [6.45, 7) is 3.98. The number of methoxy groups -OCH3 is 1. The van der Waals surface area contributed by atoms with Crippen molar-refractivity contribution in [1.29, 1.82) is 0 Å². The van der Waals surface area contributed by atoms with Crippen molar-refractivity contribution >= 4 is 33.5 Å². The second-order valence-corrected chi connectivity index (χ2v) is 7.87. The molecule has 9 heteroatoms. The summed E-state index contributed by atoms with van der Waals surface area (Å²) >= 11 is 1.38. The maximum absolute atomic E-state index is 12.3. The Bertz CT molecular complexity index is 1230. The Kier molecular flexibility index (Phi) is 5.37. The molecule has 1 amide bonds. The number of fused-ring (bicyclic) bond motifs is 1. The topological polar surface area (TPSA) is 91.2 Å². The number of nitrogens with one attached hydrogen (secondary N) is 1. The van der Waals surface area contributed by atoms with Crippen LogP contribution >= 0.6 is 11.3 Å². The van der Waals surface area contributed by atoms with Gasteiger partial charge in [-0.25, -0.2) is 14.5 Å². The van der Waals surface area contributed by atoms with Crippen molar-refractivity contribution in [3.05, 3.63) is 53.2 Å². The first-order valence-corrected chi connectivity index (χ1v) is 10.1. The molecule has 0 spiro atoms. The van der Waals surface area contributed by atoms with E-state index in [2.05, 4.69) is 20.6 Å². The van der Waals surface area contributed by atoms with Crippen molar-refractivity contribution < 1.29 is 14.3 Å². The molecule has 2 heterocycles. The Labute approximate surface area is 177 Å². The van der Waals surface area contributed by atoms with E-state index in [-0.39, 0.29) is 6.61 Å². The predicted molar refractivity (Wildman–Crippen MR) is 116 cm³/mol. The quantitative estimate of drug-likeness (QED) is 0.509. The number of hydrogen-bond donors (Lipinski definition) is 1. The van der Waals surface area contributed by atoms with Crippen LogP contribution in [-0.2, 0) is 18.4 Å². The van der Waals surface area contributed by atoms with E-state index in [9.17, 15) is 4.79 Å². The first-order valence-electron chi connectivity index (χ1n) is 9.29. The standard InChI is InChI=1S/C21H21N5O3S/c1-12-5-7-15(18(9-12)28-4)20-22-13(2)19(30-20)23-21(27)29-11-14-6-8-17-16(10-14)24-25-26(17)3/h5-10H,11H2,1-4H3,(H,23,27). The molecule has 154 valence electrons. The van der Waals surface area contributed by atoms with Crippen molar-refractivity contribution in [2.24, 2.45) is 7.05 Å². The van der Waals surface area contributed by atoms with E-state index in [0.29, 0.717) is 5.00 Å². The molecule has 2 aromatic heterocycles. The fourth-order valence-electron chi connectivity index (χ4n) is 3.06. The lowest BCUT2D eigenvalue weighted by Crippen LogP contribution is -2.13. The third-order valence-electron chi connectivity index (χ3n) is 4.64. The van der Waals surface area contributed by atoms with E-state index in [0.717, 1.165) is 44.2 Å². The summed E-state index contributed by atoms with van der Waals surface area (Å²) in [7, 11) is 3.46. The van der Waals surface area contributed by atoms with Gasteiger partial charge in [0.15, 0.2) is 0 Å². The summed E-state index contributed by atoms with van der Waals surface area (Å²) in [5.41, 5.74) is 5.22. The highest BCUT2D eigenvalue weighted by Crippen LogP contribution is 2.37. The largest absolute Gasteiger partial charge is 0.496 e. The third-order valence-corrected chi connectivity index (χ3v) is 5.75. The molecular formula is C21H21N5O3S. The van der Waals surface area contributed by atoms with E-state index in [4.69, 9.17) is 9.47 Å².